The van der Waals surface area contributed by atoms with E-state index in [4.69, 9.17) is 5.21 Å². The normalized spacial score (nSPS) is 9.62. The molecule has 0 atom stereocenters. The maximum atomic E-state index is 10.8. The first kappa shape index (κ1) is 8.97. The summed E-state index contributed by atoms with van der Waals surface area (Å²) in [5.41, 5.74) is -1.13. The molecule has 13 heavy (non-hydrogen) atoms. The number of hydrogen-bond donors (Lipinski definition) is 1. The smallest absolute Gasteiger partial charge is 0.365 e. The highest BCUT2D eigenvalue weighted by molar-refractivity contribution is 5.91. The first-order valence-corrected chi connectivity index (χ1v) is 3.08. The molecular formula is C5H5N3O5. The van der Waals surface area contributed by atoms with Gasteiger partial charge in [-0.15, -0.1) is 9.94 Å². The van der Waals surface area contributed by atoms with Gasteiger partial charge < -0.3 is 9.94 Å². The fraction of sp³-hybridized carbons (Fsp3) is 0.200. The molecule has 1 heterocycles. The van der Waals surface area contributed by atoms with Gasteiger partial charge in [0, 0.05) is 0 Å². The van der Waals surface area contributed by atoms with E-state index >= 15 is 0 Å². The second kappa shape index (κ2) is 3.09. The molecular weight excluding hydrogens is 182 g/mol. The van der Waals surface area contributed by atoms with Crippen molar-refractivity contribution in [3.63, 3.8) is 0 Å². The Labute approximate surface area is 71.4 Å². The van der Waals surface area contributed by atoms with Crippen LogP contribution in [-0.2, 0) is 4.74 Å². The fourth-order valence-electron chi connectivity index (χ4n) is 0.729. The van der Waals surface area contributed by atoms with E-state index < -0.39 is 22.3 Å². The largest absolute Gasteiger partial charge is 0.464 e. The summed E-state index contributed by atoms with van der Waals surface area (Å²) in [6, 6.07) is 0. The minimum Gasteiger partial charge on any atom is -0.464 e. The minimum atomic E-state index is -0.973. The average molecular weight is 187 g/mol. The van der Waals surface area contributed by atoms with Gasteiger partial charge in [-0.25, -0.2) is 4.79 Å². The molecule has 8 heteroatoms. The third-order valence-corrected chi connectivity index (χ3v) is 1.26. The van der Waals surface area contributed by atoms with Crippen LogP contribution in [0.15, 0.2) is 6.20 Å². The van der Waals surface area contributed by atoms with Crippen molar-refractivity contribution in [1.82, 2.24) is 9.94 Å². The van der Waals surface area contributed by atoms with Crippen molar-refractivity contribution in [2.75, 3.05) is 7.11 Å². The number of ether oxygens (including phenoxy) is 1. The molecule has 0 saturated heterocycles. The molecule has 0 amide bonds. The highest BCUT2D eigenvalue weighted by atomic mass is 16.6. The zero-order chi connectivity index (χ0) is 10.0. The van der Waals surface area contributed by atoms with Gasteiger partial charge in [-0.05, 0) is 0 Å². The molecule has 0 spiro atoms. The second-order valence-corrected chi connectivity index (χ2v) is 2.03. The Balaban J connectivity index is 3.19. The number of aromatic nitrogens is 2. The van der Waals surface area contributed by atoms with Crippen molar-refractivity contribution in [2.45, 2.75) is 0 Å². The molecule has 1 rings (SSSR count). The second-order valence-electron chi connectivity index (χ2n) is 2.03. The van der Waals surface area contributed by atoms with Gasteiger partial charge in [0.25, 0.3) is 5.69 Å². The summed E-state index contributed by atoms with van der Waals surface area (Å²) in [6.45, 7) is 0. The molecule has 0 radical (unpaired) electrons. The molecule has 0 bridgehead atoms. The lowest BCUT2D eigenvalue weighted by atomic mass is 10.4. The van der Waals surface area contributed by atoms with Gasteiger partial charge in [-0.2, -0.15) is 0 Å². The lowest BCUT2D eigenvalue weighted by Crippen LogP contribution is -2.05. The van der Waals surface area contributed by atoms with Gasteiger partial charge in [0.05, 0.1) is 12.0 Å². The molecule has 0 aliphatic heterocycles. The predicted octanol–water partition coefficient (Wildman–Crippen LogP) is -0.185. The van der Waals surface area contributed by atoms with Gasteiger partial charge in [-0.1, -0.05) is 0 Å². The van der Waals surface area contributed by atoms with Crippen molar-refractivity contribution in [2.24, 2.45) is 0 Å². The highest BCUT2D eigenvalue weighted by Gasteiger charge is 2.26. The van der Waals surface area contributed by atoms with E-state index in [1.165, 1.54) is 0 Å². The number of esters is 1. The Bertz CT molecular complexity index is 357. The van der Waals surface area contributed by atoms with E-state index in [1.54, 1.807) is 0 Å². The average Bonchev–Trinajstić information content (AvgIpc) is 2.46. The van der Waals surface area contributed by atoms with Crippen LogP contribution in [0.1, 0.15) is 10.5 Å². The van der Waals surface area contributed by atoms with E-state index in [1.807, 2.05) is 0 Å². The van der Waals surface area contributed by atoms with Crippen LogP contribution in [0.3, 0.4) is 0 Å². The molecule has 0 saturated carbocycles. The van der Waals surface area contributed by atoms with Crippen LogP contribution < -0.4 is 0 Å². The Morgan fingerprint density at radius 3 is 2.92 bits per heavy atom. The number of carbonyl (C=O) groups is 1. The van der Waals surface area contributed by atoms with Crippen molar-refractivity contribution in [3.8, 4) is 0 Å². The van der Waals surface area contributed by atoms with E-state index in [-0.39, 0.29) is 4.85 Å². The maximum absolute atomic E-state index is 10.8. The molecule has 0 aromatic carbocycles. The Morgan fingerprint density at radius 2 is 2.46 bits per heavy atom. The third kappa shape index (κ3) is 1.55. The van der Waals surface area contributed by atoms with E-state index in [0.29, 0.717) is 6.20 Å². The van der Waals surface area contributed by atoms with Gasteiger partial charge in [0.1, 0.15) is 6.20 Å². The summed E-state index contributed by atoms with van der Waals surface area (Å²) < 4.78 is 4.21. The number of nitro groups is 1. The van der Waals surface area contributed by atoms with Gasteiger partial charge in [-0.3, -0.25) is 10.1 Å². The van der Waals surface area contributed by atoms with Crippen LogP contribution in [0.4, 0.5) is 5.69 Å². The number of nitrogens with zero attached hydrogens (tertiary/aromatic N) is 3. The summed E-state index contributed by atoms with van der Waals surface area (Å²) in [4.78, 5) is 20.5. The summed E-state index contributed by atoms with van der Waals surface area (Å²) >= 11 is 0. The van der Waals surface area contributed by atoms with Crippen LogP contribution in [0.2, 0.25) is 0 Å². The van der Waals surface area contributed by atoms with Crippen LogP contribution in [-0.4, -0.2) is 33.2 Å². The monoisotopic (exact) mass is 187 g/mol. The number of rotatable bonds is 2. The summed E-state index contributed by atoms with van der Waals surface area (Å²) in [5, 5.41) is 22.2. The summed E-state index contributed by atoms with van der Waals surface area (Å²) in [7, 11) is 1.06. The Morgan fingerprint density at radius 1 is 1.85 bits per heavy atom. The standard InChI is InChI=1S/C5H5N3O5/c1-13-5(9)4-3(8(11)12)2-7(10)6-4/h2,10H,1H3. The number of methoxy groups -OCH3 is 1. The zero-order valence-corrected chi connectivity index (χ0v) is 6.50. The van der Waals surface area contributed by atoms with Gasteiger partial charge in [0.15, 0.2) is 0 Å². The SMILES string of the molecule is COC(=O)c1nn(O)cc1[N+](=O)[O-]. The number of carbonyl (C=O) groups excluding carboxylic acids is 1. The molecule has 0 unspecified atom stereocenters. The third-order valence-electron chi connectivity index (χ3n) is 1.26. The summed E-state index contributed by atoms with van der Waals surface area (Å²) in [6.07, 6.45) is 0.701. The molecule has 8 nitrogen and oxygen atoms in total. The minimum absolute atomic E-state index is 0.185. The van der Waals surface area contributed by atoms with Gasteiger partial charge in [0.2, 0.25) is 0 Å². The lowest BCUT2D eigenvalue weighted by Gasteiger charge is -1.91. The van der Waals surface area contributed by atoms with Gasteiger partial charge >= 0.3 is 11.7 Å². The van der Waals surface area contributed by atoms with Crippen LogP contribution >= 0.6 is 0 Å². The molecule has 70 valence electrons. The molecule has 1 N–H and O–H groups in total. The molecule has 0 aliphatic carbocycles. The van der Waals surface area contributed by atoms with Crippen molar-refractivity contribution in [3.05, 3.63) is 22.0 Å². The van der Waals surface area contributed by atoms with Crippen LogP contribution in [0.5, 0.6) is 0 Å². The molecule has 0 fully saturated rings. The Hall–Kier alpha value is -2.12. The quantitative estimate of drug-likeness (QED) is 0.297. The predicted molar refractivity (Wildman–Crippen MR) is 37.4 cm³/mol. The Kier molecular flexibility index (Phi) is 2.13. The van der Waals surface area contributed by atoms with Crippen molar-refractivity contribution in [1.29, 1.82) is 0 Å². The van der Waals surface area contributed by atoms with E-state index in [0.717, 1.165) is 7.11 Å². The molecule has 1 aromatic heterocycles. The fourth-order valence-corrected chi connectivity index (χ4v) is 0.729. The van der Waals surface area contributed by atoms with Crippen molar-refractivity contribution < 1.29 is 19.7 Å². The topological polar surface area (TPSA) is 107 Å². The maximum Gasteiger partial charge on any atom is 0.365 e. The van der Waals surface area contributed by atoms with E-state index in [2.05, 4.69) is 9.84 Å². The van der Waals surface area contributed by atoms with E-state index in [9.17, 15) is 14.9 Å². The molecule has 0 aliphatic rings. The first-order chi connectivity index (χ1) is 6.06. The summed E-state index contributed by atoms with van der Waals surface area (Å²) in [5.74, 6) is -0.973. The molecule has 1 aromatic rings. The first-order valence-electron chi connectivity index (χ1n) is 3.08. The highest BCUT2D eigenvalue weighted by Crippen LogP contribution is 2.16. The number of hydrogen-bond acceptors (Lipinski definition) is 6. The van der Waals surface area contributed by atoms with Crippen LogP contribution in [0.25, 0.3) is 0 Å². The van der Waals surface area contributed by atoms with Crippen molar-refractivity contribution >= 4 is 11.7 Å². The van der Waals surface area contributed by atoms with Crippen LogP contribution in [0, 0.1) is 10.1 Å². The zero-order valence-electron chi connectivity index (χ0n) is 6.50. The lowest BCUT2D eigenvalue weighted by molar-refractivity contribution is -0.385.